The molecule has 2 fully saturated rings. The van der Waals surface area contributed by atoms with Crippen molar-refractivity contribution in [2.24, 2.45) is 29.4 Å². The van der Waals surface area contributed by atoms with Crippen LogP contribution in [0.3, 0.4) is 0 Å². The van der Waals surface area contributed by atoms with Crippen LogP contribution in [0.5, 0.6) is 0 Å². The van der Waals surface area contributed by atoms with Crippen molar-refractivity contribution < 1.29 is 24.2 Å². The number of carbonyl (C=O) groups is 2. The molecule has 1 aromatic carbocycles. The maximum absolute atomic E-state index is 13.2. The van der Waals surface area contributed by atoms with Crippen LogP contribution in [0.4, 0.5) is 4.39 Å². The number of carboxylic acids is 2. The van der Waals surface area contributed by atoms with Crippen LogP contribution in [-0.2, 0) is 16.0 Å². The van der Waals surface area contributed by atoms with Crippen molar-refractivity contribution in [3.8, 4) is 0 Å². The Morgan fingerprint density at radius 2 is 2.09 bits per heavy atom. The molecule has 5 unspecified atom stereocenters. The van der Waals surface area contributed by atoms with Gasteiger partial charge in [0.25, 0.3) is 0 Å². The Morgan fingerprint density at radius 1 is 1.41 bits per heavy atom. The van der Waals surface area contributed by atoms with Gasteiger partial charge < -0.3 is 15.9 Å². The molecule has 0 saturated heterocycles. The van der Waals surface area contributed by atoms with E-state index in [0.29, 0.717) is 18.4 Å². The number of halogens is 2. The fourth-order valence-electron chi connectivity index (χ4n) is 3.97. The second kappa shape index (κ2) is 4.93. The summed E-state index contributed by atoms with van der Waals surface area (Å²) >= 11 is 5.73. The average molecular weight is 328 g/mol. The van der Waals surface area contributed by atoms with E-state index in [1.54, 1.807) is 6.07 Å². The molecule has 0 heterocycles. The molecule has 0 bridgehead atoms. The van der Waals surface area contributed by atoms with Crippen LogP contribution in [0.1, 0.15) is 12.0 Å². The summed E-state index contributed by atoms with van der Waals surface area (Å²) < 4.78 is 13.2. The molecular weight excluding hydrogens is 313 g/mol. The Kier molecular flexibility index (Phi) is 3.41. The van der Waals surface area contributed by atoms with Crippen molar-refractivity contribution in [2.75, 3.05) is 0 Å². The zero-order valence-electron chi connectivity index (χ0n) is 11.5. The Labute approximate surface area is 130 Å². The van der Waals surface area contributed by atoms with Crippen LogP contribution in [0.25, 0.3) is 0 Å². The Morgan fingerprint density at radius 3 is 2.64 bits per heavy atom. The number of carboxylic acid groups (broad SMARTS) is 2. The minimum atomic E-state index is -1.56. The molecule has 7 heteroatoms. The van der Waals surface area contributed by atoms with E-state index in [1.165, 1.54) is 12.1 Å². The summed E-state index contributed by atoms with van der Waals surface area (Å²) in [7, 11) is 0. The first-order chi connectivity index (χ1) is 10.3. The quantitative estimate of drug-likeness (QED) is 0.782. The molecular formula is C15H15ClFNO4. The van der Waals surface area contributed by atoms with E-state index in [9.17, 15) is 19.1 Å². The van der Waals surface area contributed by atoms with Gasteiger partial charge in [-0.1, -0.05) is 17.7 Å². The van der Waals surface area contributed by atoms with Crippen molar-refractivity contribution in [1.82, 2.24) is 0 Å². The van der Waals surface area contributed by atoms with Crippen molar-refractivity contribution in [1.29, 1.82) is 0 Å². The molecule has 0 spiro atoms. The molecule has 0 amide bonds. The average Bonchev–Trinajstić information content (AvgIpc) is 3.08. The van der Waals surface area contributed by atoms with Gasteiger partial charge in [-0.3, -0.25) is 9.59 Å². The monoisotopic (exact) mass is 327 g/mol. The smallest absolute Gasteiger partial charge is 0.324 e. The molecule has 2 aliphatic carbocycles. The lowest BCUT2D eigenvalue weighted by Gasteiger charge is -2.31. The van der Waals surface area contributed by atoms with E-state index in [4.69, 9.17) is 22.4 Å². The molecule has 0 radical (unpaired) electrons. The van der Waals surface area contributed by atoms with Crippen LogP contribution < -0.4 is 5.73 Å². The number of rotatable bonds is 4. The van der Waals surface area contributed by atoms with Gasteiger partial charge in [0.2, 0.25) is 0 Å². The van der Waals surface area contributed by atoms with Crippen molar-refractivity contribution in [3.63, 3.8) is 0 Å². The Balaban J connectivity index is 1.84. The highest BCUT2D eigenvalue weighted by Crippen LogP contribution is 2.64. The molecule has 3 rings (SSSR count). The van der Waals surface area contributed by atoms with E-state index < -0.39 is 41.0 Å². The van der Waals surface area contributed by atoms with Crippen LogP contribution in [-0.4, -0.2) is 27.7 Å². The predicted molar refractivity (Wildman–Crippen MR) is 75.9 cm³/mol. The second-order valence-corrected chi connectivity index (χ2v) is 6.58. The predicted octanol–water partition coefficient (Wildman–Crippen LogP) is 1.77. The van der Waals surface area contributed by atoms with Gasteiger partial charge in [-0.15, -0.1) is 0 Å². The highest BCUT2D eigenvalue weighted by Gasteiger charge is 2.73. The summed E-state index contributed by atoms with van der Waals surface area (Å²) in [6, 6.07) is 4.23. The topological polar surface area (TPSA) is 101 Å². The molecule has 1 aromatic rings. The third kappa shape index (κ3) is 2.09. The fraction of sp³-hybridized carbons (Fsp3) is 0.467. The Bertz CT molecular complexity index is 667. The summed E-state index contributed by atoms with van der Waals surface area (Å²) in [6.45, 7) is 0. The van der Waals surface area contributed by atoms with Crippen LogP contribution in [0.2, 0.25) is 5.02 Å². The number of aliphatic carboxylic acids is 2. The van der Waals surface area contributed by atoms with Gasteiger partial charge in [0.05, 0.1) is 10.9 Å². The maximum atomic E-state index is 13.2. The molecule has 2 aliphatic rings. The highest BCUT2D eigenvalue weighted by molar-refractivity contribution is 6.30. The minimum Gasteiger partial charge on any atom is -0.481 e. The first-order valence-corrected chi connectivity index (χ1v) is 7.33. The van der Waals surface area contributed by atoms with Crippen LogP contribution >= 0.6 is 11.6 Å². The summed E-state index contributed by atoms with van der Waals surface area (Å²) in [4.78, 5) is 22.8. The molecule has 2 saturated carbocycles. The number of nitrogens with two attached hydrogens (primary N) is 1. The molecule has 4 N–H and O–H groups in total. The van der Waals surface area contributed by atoms with E-state index in [-0.39, 0.29) is 10.9 Å². The summed E-state index contributed by atoms with van der Waals surface area (Å²) in [5.74, 6) is -4.51. The summed E-state index contributed by atoms with van der Waals surface area (Å²) in [5.41, 5.74) is 5.24. The van der Waals surface area contributed by atoms with Crippen molar-refractivity contribution >= 4 is 23.5 Å². The first kappa shape index (κ1) is 15.2. The number of benzene rings is 1. The Hall–Kier alpha value is -1.66. The molecule has 5 nitrogen and oxygen atoms in total. The molecule has 0 aromatic heterocycles. The SMILES string of the molecule is NC1(C(=O)O)C(Cc2ccc(F)c(Cl)c2)CC2C(C(=O)O)C21. The third-order valence-corrected chi connectivity index (χ3v) is 5.36. The molecule has 22 heavy (non-hydrogen) atoms. The zero-order chi connectivity index (χ0) is 16.2. The lowest BCUT2D eigenvalue weighted by Crippen LogP contribution is -2.55. The maximum Gasteiger partial charge on any atom is 0.324 e. The van der Waals surface area contributed by atoms with Gasteiger partial charge in [-0.25, -0.2) is 4.39 Å². The summed E-state index contributed by atoms with van der Waals surface area (Å²) in [6.07, 6.45) is 0.779. The highest BCUT2D eigenvalue weighted by atomic mass is 35.5. The second-order valence-electron chi connectivity index (χ2n) is 6.18. The number of hydrogen-bond acceptors (Lipinski definition) is 3. The van der Waals surface area contributed by atoms with Gasteiger partial charge in [0, 0.05) is 5.92 Å². The lowest BCUT2D eigenvalue weighted by atomic mass is 9.78. The van der Waals surface area contributed by atoms with Crippen molar-refractivity contribution in [2.45, 2.75) is 18.4 Å². The normalized spacial score (nSPS) is 36.0. The first-order valence-electron chi connectivity index (χ1n) is 6.95. The van der Waals surface area contributed by atoms with Gasteiger partial charge in [-0.2, -0.15) is 0 Å². The lowest BCUT2D eigenvalue weighted by molar-refractivity contribution is -0.147. The van der Waals surface area contributed by atoms with Gasteiger partial charge >= 0.3 is 11.9 Å². The van der Waals surface area contributed by atoms with Crippen LogP contribution in [0.15, 0.2) is 18.2 Å². The van der Waals surface area contributed by atoms with Crippen molar-refractivity contribution in [3.05, 3.63) is 34.6 Å². The number of fused-ring (bicyclic) bond motifs is 1. The van der Waals surface area contributed by atoms with Gasteiger partial charge in [0.1, 0.15) is 11.4 Å². The largest absolute Gasteiger partial charge is 0.481 e. The standard InChI is InChI=1S/C15H15ClFNO4/c16-9-4-6(1-2-10(9)17)3-7-5-8-11(13(19)20)12(8)15(7,18)14(21)22/h1-2,4,7-8,11-12H,3,5,18H2,(H,19,20)(H,21,22). The summed E-state index contributed by atoms with van der Waals surface area (Å²) in [5, 5.41) is 18.6. The fourth-order valence-corrected chi connectivity index (χ4v) is 4.17. The van der Waals surface area contributed by atoms with E-state index >= 15 is 0 Å². The van der Waals surface area contributed by atoms with E-state index in [2.05, 4.69) is 0 Å². The van der Waals surface area contributed by atoms with Gasteiger partial charge in [0.15, 0.2) is 0 Å². The third-order valence-electron chi connectivity index (χ3n) is 5.07. The molecule has 118 valence electrons. The minimum absolute atomic E-state index is 0.0259. The van der Waals surface area contributed by atoms with E-state index in [1.807, 2.05) is 0 Å². The van der Waals surface area contributed by atoms with Crippen LogP contribution in [0, 0.1) is 29.5 Å². The molecule has 0 aliphatic heterocycles. The number of hydrogen-bond donors (Lipinski definition) is 3. The van der Waals surface area contributed by atoms with Gasteiger partial charge in [-0.05, 0) is 42.4 Å². The zero-order valence-corrected chi connectivity index (χ0v) is 12.3. The van der Waals surface area contributed by atoms with E-state index in [0.717, 1.165) is 0 Å². The molecule has 5 atom stereocenters.